The number of rotatable bonds is 2. The largest absolute Gasteiger partial charge is 0.309 e. The molecule has 8 aromatic carbocycles. The van der Waals surface area contributed by atoms with Gasteiger partial charge in [0, 0.05) is 47.6 Å². The molecule has 0 N–H and O–H groups in total. The molecule has 2 aliphatic rings. The summed E-state index contributed by atoms with van der Waals surface area (Å²) in [6.45, 7) is 4.85. The fourth-order valence-electron chi connectivity index (χ4n) is 9.81. The van der Waals surface area contributed by atoms with Crippen LogP contribution in [-0.4, -0.2) is 4.57 Å². The van der Waals surface area contributed by atoms with Gasteiger partial charge in [0.15, 0.2) is 0 Å². The third-order valence-electron chi connectivity index (χ3n) is 11.9. The van der Waals surface area contributed by atoms with E-state index in [0.717, 1.165) is 0 Å². The SMILES string of the molecule is CC1(C)c2ccccc2-c2c1c1c3ccccc3sc1c1c3ccccc3n(-c3ccc(-c4ccc5c6c(cccc46)-c4ccccc4-5)cc3)c21. The number of hydrogen-bond donors (Lipinski definition) is 0. The van der Waals surface area contributed by atoms with Crippen LogP contribution in [0.1, 0.15) is 25.0 Å². The van der Waals surface area contributed by atoms with Crippen molar-refractivity contribution < 1.29 is 0 Å². The molecule has 10 aromatic rings. The molecule has 0 amide bonds. The molecule has 238 valence electrons. The molecule has 0 aliphatic heterocycles. The lowest BCUT2D eigenvalue weighted by molar-refractivity contribution is 0.667. The summed E-state index contributed by atoms with van der Waals surface area (Å²) in [5, 5.41) is 8.15. The smallest absolute Gasteiger partial charge is 0.0637 e. The molecule has 51 heavy (non-hydrogen) atoms. The molecule has 12 rings (SSSR count). The molecule has 2 heterocycles. The van der Waals surface area contributed by atoms with Crippen molar-refractivity contribution in [3.8, 4) is 50.2 Å². The Labute approximate surface area is 299 Å². The van der Waals surface area contributed by atoms with Crippen molar-refractivity contribution in [3.05, 3.63) is 163 Å². The second-order valence-corrected chi connectivity index (χ2v) is 15.8. The van der Waals surface area contributed by atoms with Gasteiger partial charge >= 0.3 is 0 Å². The number of aromatic nitrogens is 1. The van der Waals surface area contributed by atoms with Crippen LogP contribution < -0.4 is 0 Å². The number of nitrogens with zero attached hydrogens (tertiary/aromatic N) is 1. The highest BCUT2D eigenvalue weighted by Gasteiger charge is 2.40. The van der Waals surface area contributed by atoms with E-state index in [0.29, 0.717) is 0 Å². The Hall–Kier alpha value is -5.96. The third kappa shape index (κ3) is 3.41. The molecule has 2 heteroatoms. The van der Waals surface area contributed by atoms with Gasteiger partial charge in [-0.05, 0) is 85.1 Å². The Morgan fingerprint density at radius 1 is 0.471 bits per heavy atom. The summed E-state index contributed by atoms with van der Waals surface area (Å²) in [5.74, 6) is 0. The maximum absolute atomic E-state index is 2.55. The fraction of sp³-hybridized carbons (Fsp3) is 0.0612. The van der Waals surface area contributed by atoms with Crippen molar-refractivity contribution >= 4 is 64.1 Å². The molecule has 2 aliphatic carbocycles. The van der Waals surface area contributed by atoms with Crippen LogP contribution in [0.2, 0.25) is 0 Å². The van der Waals surface area contributed by atoms with E-state index < -0.39 is 0 Å². The van der Waals surface area contributed by atoms with E-state index in [1.54, 1.807) is 0 Å². The van der Waals surface area contributed by atoms with Crippen LogP contribution in [0, 0.1) is 0 Å². The number of fused-ring (bicyclic) bond motifs is 15. The Balaban J connectivity index is 1.15. The number of thiophene rings is 1. The summed E-state index contributed by atoms with van der Waals surface area (Å²) in [6.07, 6.45) is 0. The zero-order chi connectivity index (χ0) is 33.6. The Morgan fingerprint density at radius 3 is 1.92 bits per heavy atom. The minimum Gasteiger partial charge on any atom is -0.309 e. The zero-order valence-electron chi connectivity index (χ0n) is 28.3. The van der Waals surface area contributed by atoms with Crippen molar-refractivity contribution in [2.24, 2.45) is 0 Å². The Morgan fingerprint density at radius 2 is 1.10 bits per heavy atom. The van der Waals surface area contributed by atoms with Crippen LogP contribution in [0.5, 0.6) is 0 Å². The Bertz CT molecular complexity index is 3120. The van der Waals surface area contributed by atoms with Gasteiger partial charge in [-0.3, -0.25) is 0 Å². The third-order valence-corrected chi connectivity index (χ3v) is 13.1. The molecule has 0 atom stereocenters. The van der Waals surface area contributed by atoms with Crippen LogP contribution in [0.3, 0.4) is 0 Å². The van der Waals surface area contributed by atoms with Crippen molar-refractivity contribution in [2.45, 2.75) is 19.3 Å². The first-order chi connectivity index (χ1) is 25.1. The number of para-hydroxylation sites is 1. The molecule has 0 bridgehead atoms. The monoisotopic (exact) mass is 665 g/mol. The average molecular weight is 666 g/mol. The molecule has 0 radical (unpaired) electrons. The van der Waals surface area contributed by atoms with Gasteiger partial charge in [-0.25, -0.2) is 0 Å². The van der Waals surface area contributed by atoms with E-state index in [-0.39, 0.29) is 5.41 Å². The van der Waals surface area contributed by atoms with Gasteiger partial charge in [0.05, 0.1) is 11.0 Å². The van der Waals surface area contributed by atoms with Crippen LogP contribution in [0.15, 0.2) is 152 Å². The quantitative estimate of drug-likeness (QED) is 0.173. The highest BCUT2D eigenvalue weighted by molar-refractivity contribution is 7.26. The van der Waals surface area contributed by atoms with E-state index >= 15 is 0 Å². The summed E-state index contributed by atoms with van der Waals surface area (Å²) >= 11 is 1.95. The van der Waals surface area contributed by atoms with Crippen molar-refractivity contribution in [3.63, 3.8) is 0 Å². The highest BCUT2D eigenvalue weighted by Crippen LogP contribution is 2.59. The number of hydrogen-bond acceptors (Lipinski definition) is 1. The standard InChI is InChI=1S/C49H31NS/c1-49(2)39-19-8-5-14-36(39)43-46(49)44-38-16-7-10-21-41(38)51-48(44)45-37-15-6-9-20-40(37)50(47(43)45)29-24-22-28(23-25-29)30-26-27-35-32-13-4-3-12-31(32)34-18-11-17-33(30)42(34)35/h3-27H,1-2H3. The van der Waals surface area contributed by atoms with E-state index in [9.17, 15) is 0 Å². The summed E-state index contributed by atoms with van der Waals surface area (Å²) < 4.78 is 5.30. The topological polar surface area (TPSA) is 4.93 Å². The molecule has 0 saturated carbocycles. The number of benzene rings is 8. The molecule has 0 spiro atoms. The van der Waals surface area contributed by atoms with Crippen LogP contribution in [0.25, 0.3) is 103 Å². The normalized spacial score (nSPS) is 13.8. The molecule has 0 unspecified atom stereocenters. The highest BCUT2D eigenvalue weighted by atomic mass is 32.1. The van der Waals surface area contributed by atoms with Crippen molar-refractivity contribution in [1.29, 1.82) is 0 Å². The molecular formula is C49H31NS. The zero-order valence-corrected chi connectivity index (χ0v) is 29.1. The minimum atomic E-state index is -0.136. The first kappa shape index (κ1) is 27.8. The van der Waals surface area contributed by atoms with E-state index in [2.05, 4.69) is 170 Å². The first-order valence-corrected chi connectivity index (χ1v) is 18.7. The predicted molar refractivity (Wildman–Crippen MR) is 219 cm³/mol. The molecule has 1 nitrogen and oxygen atoms in total. The molecule has 0 fully saturated rings. The predicted octanol–water partition coefficient (Wildman–Crippen LogP) is 13.9. The maximum Gasteiger partial charge on any atom is 0.0637 e. The van der Waals surface area contributed by atoms with Crippen LogP contribution in [0.4, 0.5) is 0 Å². The summed E-state index contributed by atoms with van der Waals surface area (Å²) in [5.41, 5.74) is 17.1. The van der Waals surface area contributed by atoms with Crippen LogP contribution >= 0.6 is 11.3 Å². The summed E-state index contributed by atoms with van der Waals surface area (Å²) in [4.78, 5) is 0. The van der Waals surface area contributed by atoms with E-state index in [1.807, 2.05) is 11.3 Å². The second kappa shape index (κ2) is 9.63. The van der Waals surface area contributed by atoms with Crippen molar-refractivity contribution in [1.82, 2.24) is 4.57 Å². The van der Waals surface area contributed by atoms with Crippen molar-refractivity contribution in [2.75, 3.05) is 0 Å². The van der Waals surface area contributed by atoms with Gasteiger partial charge in [-0.15, -0.1) is 11.3 Å². The Kier molecular flexibility index (Phi) is 5.25. The lowest BCUT2D eigenvalue weighted by Crippen LogP contribution is -2.15. The van der Waals surface area contributed by atoms with Gasteiger partial charge in [0.1, 0.15) is 0 Å². The fourth-order valence-corrected chi connectivity index (χ4v) is 11.1. The van der Waals surface area contributed by atoms with E-state index in [4.69, 9.17) is 0 Å². The van der Waals surface area contributed by atoms with Crippen LogP contribution in [-0.2, 0) is 5.41 Å². The lowest BCUT2D eigenvalue weighted by Gasteiger charge is -2.23. The van der Waals surface area contributed by atoms with Gasteiger partial charge in [0.25, 0.3) is 0 Å². The summed E-state index contributed by atoms with van der Waals surface area (Å²) in [6, 6.07) is 56.7. The van der Waals surface area contributed by atoms with E-state index in [1.165, 1.54) is 114 Å². The second-order valence-electron chi connectivity index (χ2n) is 14.8. The average Bonchev–Trinajstić information content (AvgIpc) is 3.89. The first-order valence-electron chi connectivity index (χ1n) is 17.9. The molecule has 2 aromatic heterocycles. The minimum absolute atomic E-state index is 0.136. The molecule has 0 saturated heterocycles. The van der Waals surface area contributed by atoms with Gasteiger partial charge in [-0.2, -0.15) is 0 Å². The lowest BCUT2D eigenvalue weighted by atomic mass is 9.80. The van der Waals surface area contributed by atoms with Gasteiger partial charge in [0.2, 0.25) is 0 Å². The maximum atomic E-state index is 2.55. The molecular weight excluding hydrogens is 635 g/mol. The van der Waals surface area contributed by atoms with Gasteiger partial charge in [-0.1, -0.05) is 141 Å². The summed E-state index contributed by atoms with van der Waals surface area (Å²) in [7, 11) is 0. The van der Waals surface area contributed by atoms with Gasteiger partial charge < -0.3 is 4.57 Å².